The number of carbonyl (C=O) groups is 3. The van der Waals surface area contributed by atoms with Crippen molar-refractivity contribution in [2.45, 2.75) is 46.1 Å². The summed E-state index contributed by atoms with van der Waals surface area (Å²) in [7, 11) is 0. The lowest BCUT2D eigenvalue weighted by Crippen LogP contribution is -2.31. The summed E-state index contributed by atoms with van der Waals surface area (Å²) in [5, 5.41) is 5.29. The van der Waals surface area contributed by atoms with Gasteiger partial charge in [0.25, 0.3) is 5.91 Å². The molecular formula is C23H28N2O5. The zero-order chi connectivity index (χ0) is 22.3. The molecule has 0 heterocycles. The number of ether oxygens (including phenoxy) is 2. The monoisotopic (exact) mass is 412 g/mol. The third-order valence-corrected chi connectivity index (χ3v) is 4.23. The van der Waals surface area contributed by atoms with Crippen molar-refractivity contribution in [3.8, 4) is 5.75 Å². The van der Waals surface area contributed by atoms with Crippen molar-refractivity contribution in [1.29, 1.82) is 0 Å². The standard InChI is InChI=1S/C23H28N2O5/c1-15(22(28)25-19-10-8-18(9-11-19)24-16(2)26)30-21(27)14-29-20-12-6-17(7-13-20)23(3,4)5/h6-13,15H,14H2,1-5H3,(H,24,26)(H,25,28). The van der Waals surface area contributed by atoms with Crippen LogP contribution >= 0.6 is 0 Å². The predicted octanol–water partition coefficient (Wildman–Crippen LogP) is 3.89. The first kappa shape index (κ1) is 22.9. The molecule has 1 atom stereocenters. The molecule has 0 aromatic heterocycles. The highest BCUT2D eigenvalue weighted by Gasteiger charge is 2.19. The minimum Gasteiger partial charge on any atom is -0.482 e. The molecule has 2 aromatic rings. The maximum absolute atomic E-state index is 12.2. The number of hydrogen-bond donors (Lipinski definition) is 2. The molecule has 160 valence electrons. The molecule has 2 N–H and O–H groups in total. The van der Waals surface area contributed by atoms with Crippen LogP contribution in [0.15, 0.2) is 48.5 Å². The van der Waals surface area contributed by atoms with Crippen LogP contribution < -0.4 is 15.4 Å². The van der Waals surface area contributed by atoms with Crippen LogP contribution in [0.5, 0.6) is 5.75 Å². The van der Waals surface area contributed by atoms with Crippen molar-refractivity contribution in [3.63, 3.8) is 0 Å². The van der Waals surface area contributed by atoms with E-state index in [0.717, 1.165) is 5.56 Å². The quantitative estimate of drug-likeness (QED) is 0.673. The van der Waals surface area contributed by atoms with Gasteiger partial charge in [0.2, 0.25) is 5.91 Å². The van der Waals surface area contributed by atoms with E-state index in [0.29, 0.717) is 17.1 Å². The highest BCUT2D eigenvalue weighted by atomic mass is 16.6. The minimum absolute atomic E-state index is 0.0323. The summed E-state index contributed by atoms with van der Waals surface area (Å²) in [6.07, 6.45) is -0.987. The Morgan fingerprint density at radius 3 is 1.93 bits per heavy atom. The molecular weight excluding hydrogens is 384 g/mol. The molecule has 2 rings (SSSR count). The summed E-state index contributed by atoms with van der Waals surface area (Å²) < 4.78 is 10.6. The van der Waals surface area contributed by atoms with Crippen LogP contribution in [0.1, 0.15) is 40.2 Å². The molecule has 7 heteroatoms. The van der Waals surface area contributed by atoms with Crippen molar-refractivity contribution in [3.05, 3.63) is 54.1 Å². The van der Waals surface area contributed by atoms with Crippen molar-refractivity contribution < 1.29 is 23.9 Å². The first-order valence-electron chi connectivity index (χ1n) is 9.66. The molecule has 0 bridgehead atoms. The van der Waals surface area contributed by atoms with Crippen LogP contribution in [0.25, 0.3) is 0 Å². The van der Waals surface area contributed by atoms with Gasteiger partial charge in [-0.05, 0) is 54.3 Å². The first-order chi connectivity index (χ1) is 14.0. The number of nitrogens with one attached hydrogen (secondary N) is 2. The van der Waals surface area contributed by atoms with E-state index in [9.17, 15) is 14.4 Å². The molecule has 0 aliphatic carbocycles. The molecule has 0 saturated carbocycles. The number of benzene rings is 2. The molecule has 0 aliphatic heterocycles. The molecule has 0 radical (unpaired) electrons. The number of rotatable bonds is 7. The largest absolute Gasteiger partial charge is 0.482 e. The highest BCUT2D eigenvalue weighted by Crippen LogP contribution is 2.24. The normalized spacial score (nSPS) is 11.9. The summed E-state index contributed by atoms with van der Waals surface area (Å²) in [4.78, 5) is 35.2. The van der Waals surface area contributed by atoms with E-state index < -0.39 is 18.0 Å². The molecule has 2 aromatic carbocycles. The first-order valence-corrected chi connectivity index (χ1v) is 9.66. The van der Waals surface area contributed by atoms with Crippen molar-refractivity contribution in [1.82, 2.24) is 0 Å². The minimum atomic E-state index is -0.987. The molecule has 2 amide bonds. The topological polar surface area (TPSA) is 93.7 Å². The second-order valence-electron chi connectivity index (χ2n) is 7.94. The number of amides is 2. The van der Waals surface area contributed by atoms with E-state index in [1.807, 2.05) is 12.1 Å². The van der Waals surface area contributed by atoms with Gasteiger partial charge >= 0.3 is 5.97 Å². The van der Waals surface area contributed by atoms with Crippen LogP contribution in [0.4, 0.5) is 11.4 Å². The Kier molecular flexibility index (Phi) is 7.58. The smallest absolute Gasteiger partial charge is 0.344 e. The van der Waals surface area contributed by atoms with Crippen LogP contribution in [0.2, 0.25) is 0 Å². The van der Waals surface area contributed by atoms with Gasteiger partial charge in [0.15, 0.2) is 12.7 Å². The average molecular weight is 412 g/mol. The molecule has 0 aliphatic rings. The van der Waals surface area contributed by atoms with Gasteiger partial charge in [-0.3, -0.25) is 9.59 Å². The van der Waals surface area contributed by atoms with Crippen LogP contribution in [0, 0.1) is 0 Å². The highest BCUT2D eigenvalue weighted by molar-refractivity contribution is 5.95. The molecule has 1 unspecified atom stereocenters. The van der Waals surface area contributed by atoms with E-state index >= 15 is 0 Å². The van der Waals surface area contributed by atoms with E-state index in [1.54, 1.807) is 36.4 Å². The lowest BCUT2D eigenvalue weighted by Gasteiger charge is -2.19. The van der Waals surface area contributed by atoms with Gasteiger partial charge in [0.1, 0.15) is 5.75 Å². The Morgan fingerprint density at radius 2 is 1.43 bits per heavy atom. The number of anilines is 2. The number of carbonyl (C=O) groups excluding carboxylic acids is 3. The van der Waals surface area contributed by atoms with Gasteiger partial charge in [0.05, 0.1) is 0 Å². The van der Waals surface area contributed by atoms with Crippen molar-refractivity contribution in [2.24, 2.45) is 0 Å². The van der Waals surface area contributed by atoms with Crippen LogP contribution in [-0.2, 0) is 24.5 Å². The molecule has 0 spiro atoms. The lowest BCUT2D eigenvalue weighted by atomic mass is 9.87. The number of hydrogen-bond acceptors (Lipinski definition) is 5. The third-order valence-electron chi connectivity index (χ3n) is 4.23. The van der Waals surface area contributed by atoms with Gasteiger partial charge < -0.3 is 20.1 Å². The fourth-order valence-electron chi connectivity index (χ4n) is 2.56. The van der Waals surface area contributed by atoms with Gasteiger partial charge in [-0.2, -0.15) is 0 Å². The SMILES string of the molecule is CC(=O)Nc1ccc(NC(=O)C(C)OC(=O)COc2ccc(C(C)(C)C)cc2)cc1. The van der Waals surface area contributed by atoms with Gasteiger partial charge in [-0.15, -0.1) is 0 Å². The van der Waals surface area contributed by atoms with Crippen molar-refractivity contribution in [2.75, 3.05) is 17.2 Å². The zero-order valence-corrected chi connectivity index (χ0v) is 17.9. The summed E-state index contributed by atoms with van der Waals surface area (Å²) in [5.74, 6) is -0.736. The van der Waals surface area contributed by atoms with E-state index in [1.165, 1.54) is 13.8 Å². The maximum atomic E-state index is 12.2. The fraction of sp³-hybridized carbons (Fsp3) is 0.348. The van der Waals surface area contributed by atoms with Gasteiger partial charge in [0, 0.05) is 18.3 Å². The Morgan fingerprint density at radius 1 is 0.900 bits per heavy atom. The number of esters is 1. The van der Waals surface area contributed by atoms with Crippen molar-refractivity contribution >= 4 is 29.2 Å². The fourth-order valence-corrected chi connectivity index (χ4v) is 2.56. The summed E-state index contributed by atoms with van der Waals surface area (Å²) in [5.41, 5.74) is 2.33. The Balaban J connectivity index is 1.80. The maximum Gasteiger partial charge on any atom is 0.344 e. The Labute approximate surface area is 176 Å². The second-order valence-corrected chi connectivity index (χ2v) is 7.94. The lowest BCUT2D eigenvalue weighted by molar-refractivity contribution is -0.155. The summed E-state index contributed by atoms with van der Waals surface area (Å²) >= 11 is 0. The molecule has 30 heavy (non-hydrogen) atoms. The second kappa shape index (κ2) is 9.91. The summed E-state index contributed by atoms with van der Waals surface area (Å²) in [6, 6.07) is 14.1. The van der Waals surface area contributed by atoms with E-state index in [2.05, 4.69) is 31.4 Å². The van der Waals surface area contributed by atoms with E-state index in [4.69, 9.17) is 9.47 Å². The van der Waals surface area contributed by atoms with Crippen LogP contribution in [-0.4, -0.2) is 30.5 Å². The predicted molar refractivity (Wildman–Crippen MR) is 116 cm³/mol. The zero-order valence-electron chi connectivity index (χ0n) is 17.9. The van der Waals surface area contributed by atoms with Crippen LogP contribution in [0.3, 0.4) is 0 Å². The van der Waals surface area contributed by atoms with E-state index in [-0.39, 0.29) is 17.9 Å². The molecule has 0 saturated heterocycles. The molecule has 7 nitrogen and oxygen atoms in total. The molecule has 0 fully saturated rings. The average Bonchev–Trinajstić information content (AvgIpc) is 2.67. The third kappa shape index (κ3) is 7.24. The Bertz CT molecular complexity index is 883. The Hall–Kier alpha value is -3.35. The van der Waals surface area contributed by atoms with Gasteiger partial charge in [-0.25, -0.2) is 4.79 Å². The summed E-state index contributed by atoms with van der Waals surface area (Å²) in [6.45, 7) is 8.95. The van der Waals surface area contributed by atoms with Gasteiger partial charge in [-0.1, -0.05) is 32.9 Å².